The topological polar surface area (TPSA) is 132 Å². The number of aromatic nitrogens is 6. The number of H-pyrrole nitrogens is 2. The standard InChI is InChI=1S/C28H22FN7O2/c1-2-4-24(38)31-18-10-16(13-30-14-18)21-7-8-23-26(32-21)27(36-35-23)28-33-22-6-3-5-20(25(22)34-28)15-9-17(29)12-19(37)11-15/h3,5-14,37H,2,4H2,1H3,(H,31,38)(H,33,34)(H,35,36). The summed E-state index contributed by atoms with van der Waals surface area (Å²) in [5.41, 5.74) is 6.37. The molecule has 188 valence electrons. The molecule has 0 spiro atoms. The Bertz CT molecular complexity index is 1810. The summed E-state index contributed by atoms with van der Waals surface area (Å²) in [6, 6.07) is 15.0. The van der Waals surface area contributed by atoms with Gasteiger partial charge < -0.3 is 15.4 Å². The fourth-order valence-corrected chi connectivity index (χ4v) is 4.43. The average molecular weight is 508 g/mol. The molecule has 4 aromatic heterocycles. The third-order valence-electron chi connectivity index (χ3n) is 6.13. The molecular formula is C28H22FN7O2. The van der Waals surface area contributed by atoms with Gasteiger partial charge in [0.1, 0.15) is 17.1 Å². The largest absolute Gasteiger partial charge is 0.508 e. The molecule has 9 nitrogen and oxygen atoms in total. The van der Waals surface area contributed by atoms with Crippen LogP contribution in [0.3, 0.4) is 0 Å². The molecule has 10 heteroatoms. The fourth-order valence-electron chi connectivity index (χ4n) is 4.43. The van der Waals surface area contributed by atoms with E-state index < -0.39 is 5.82 Å². The van der Waals surface area contributed by atoms with Crippen molar-refractivity contribution in [3.05, 3.63) is 72.8 Å². The lowest BCUT2D eigenvalue weighted by molar-refractivity contribution is -0.116. The molecule has 0 radical (unpaired) electrons. The third-order valence-corrected chi connectivity index (χ3v) is 6.13. The summed E-state index contributed by atoms with van der Waals surface area (Å²) >= 11 is 0. The van der Waals surface area contributed by atoms with E-state index in [9.17, 15) is 14.3 Å². The molecule has 38 heavy (non-hydrogen) atoms. The second-order valence-electron chi connectivity index (χ2n) is 8.91. The maximum atomic E-state index is 14.0. The lowest BCUT2D eigenvalue weighted by Gasteiger charge is -2.06. The quantitative estimate of drug-likeness (QED) is 0.225. The van der Waals surface area contributed by atoms with Crippen LogP contribution in [0.5, 0.6) is 5.75 Å². The van der Waals surface area contributed by atoms with E-state index in [0.29, 0.717) is 51.5 Å². The van der Waals surface area contributed by atoms with Gasteiger partial charge in [-0.05, 0) is 48.4 Å². The number of hydrogen-bond acceptors (Lipinski definition) is 6. The monoisotopic (exact) mass is 507 g/mol. The number of nitrogens with zero attached hydrogens (tertiary/aromatic N) is 4. The smallest absolute Gasteiger partial charge is 0.224 e. The molecule has 0 atom stereocenters. The van der Waals surface area contributed by atoms with Crippen molar-refractivity contribution >= 4 is 33.7 Å². The highest BCUT2D eigenvalue weighted by molar-refractivity contribution is 5.96. The third kappa shape index (κ3) is 4.32. The minimum atomic E-state index is -0.536. The number of aromatic hydroxyl groups is 1. The Kier molecular flexibility index (Phi) is 5.76. The zero-order valence-corrected chi connectivity index (χ0v) is 20.3. The number of halogens is 1. The molecule has 0 fully saturated rings. The van der Waals surface area contributed by atoms with E-state index in [4.69, 9.17) is 9.97 Å². The number of anilines is 1. The first kappa shape index (κ1) is 23.3. The zero-order valence-electron chi connectivity index (χ0n) is 20.3. The summed E-state index contributed by atoms with van der Waals surface area (Å²) in [6.07, 6.45) is 4.48. The van der Waals surface area contributed by atoms with Crippen molar-refractivity contribution in [1.82, 2.24) is 30.1 Å². The van der Waals surface area contributed by atoms with Crippen molar-refractivity contribution in [3.8, 4) is 39.7 Å². The normalized spacial score (nSPS) is 11.3. The Morgan fingerprint density at radius 2 is 1.89 bits per heavy atom. The number of phenols is 1. The highest BCUT2D eigenvalue weighted by atomic mass is 19.1. The van der Waals surface area contributed by atoms with Crippen LogP contribution < -0.4 is 5.32 Å². The number of benzene rings is 2. The summed E-state index contributed by atoms with van der Waals surface area (Å²) in [4.78, 5) is 29.1. The minimum Gasteiger partial charge on any atom is -0.508 e. The number of hydrogen-bond donors (Lipinski definition) is 4. The Balaban J connectivity index is 1.41. The van der Waals surface area contributed by atoms with Gasteiger partial charge in [-0.3, -0.25) is 14.9 Å². The second kappa shape index (κ2) is 9.40. The number of amides is 1. The number of fused-ring (bicyclic) bond motifs is 2. The molecule has 0 bridgehead atoms. The lowest BCUT2D eigenvalue weighted by atomic mass is 10.0. The van der Waals surface area contributed by atoms with E-state index >= 15 is 0 Å². The van der Waals surface area contributed by atoms with Crippen molar-refractivity contribution in [2.75, 3.05) is 5.32 Å². The first-order valence-electron chi connectivity index (χ1n) is 12.1. The molecule has 0 aliphatic carbocycles. The Labute approximate surface area is 215 Å². The van der Waals surface area contributed by atoms with Crippen molar-refractivity contribution in [1.29, 1.82) is 0 Å². The summed E-state index contributed by atoms with van der Waals surface area (Å²) in [5.74, 6) is -0.273. The molecule has 0 saturated heterocycles. The number of imidazole rings is 1. The van der Waals surface area contributed by atoms with Crippen LogP contribution in [0, 0.1) is 5.82 Å². The van der Waals surface area contributed by atoms with Crippen LogP contribution in [0.25, 0.3) is 56.0 Å². The number of phenolic OH excluding ortho intramolecular Hbond substituents is 1. The highest BCUT2D eigenvalue weighted by Gasteiger charge is 2.17. The number of aromatic amines is 2. The van der Waals surface area contributed by atoms with Crippen molar-refractivity contribution < 1.29 is 14.3 Å². The fraction of sp³-hybridized carbons (Fsp3) is 0.107. The highest BCUT2D eigenvalue weighted by Crippen LogP contribution is 2.33. The predicted molar refractivity (Wildman–Crippen MR) is 143 cm³/mol. The molecule has 2 aromatic carbocycles. The van der Waals surface area contributed by atoms with Gasteiger partial charge >= 0.3 is 0 Å². The first-order chi connectivity index (χ1) is 18.5. The van der Waals surface area contributed by atoms with Gasteiger partial charge in [0.2, 0.25) is 5.91 Å². The van der Waals surface area contributed by atoms with E-state index in [0.717, 1.165) is 29.1 Å². The molecule has 6 aromatic rings. The van der Waals surface area contributed by atoms with Gasteiger partial charge in [0, 0.05) is 29.8 Å². The molecule has 0 aliphatic heterocycles. The van der Waals surface area contributed by atoms with Crippen molar-refractivity contribution in [3.63, 3.8) is 0 Å². The van der Waals surface area contributed by atoms with Crippen LogP contribution in [0.4, 0.5) is 10.1 Å². The van der Waals surface area contributed by atoms with Crippen molar-refractivity contribution in [2.24, 2.45) is 0 Å². The van der Waals surface area contributed by atoms with Crippen LogP contribution in [-0.2, 0) is 4.79 Å². The zero-order chi connectivity index (χ0) is 26.2. The van der Waals surface area contributed by atoms with Gasteiger partial charge in [-0.15, -0.1) is 0 Å². The van der Waals surface area contributed by atoms with E-state index in [1.54, 1.807) is 12.4 Å². The van der Waals surface area contributed by atoms with Gasteiger partial charge in [-0.25, -0.2) is 14.4 Å². The number of nitrogens with one attached hydrogen (secondary N) is 3. The Morgan fingerprint density at radius 3 is 2.74 bits per heavy atom. The number of pyridine rings is 2. The number of carbonyl (C=O) groups excluding carboxylic acids is 1. The van der Waals surface area contributed by atoms with E-state index in [2.05, 4.69) is 25.5 Å². The maximum Gasteiger partial charge on any atom is 0.224 e. The molecule has 0 aliphatic rings. The predicted octanol–water partition coefficient (Wildman–Crippen LogP) is 5.81. The van der Waals surface area contributed by atoms with E-state index in [1.807, 2.05) is 43.3 Å². The number of para-hydroxylation sites is 1. The molecule has 0 saturated carbocycles. The van der Waals surface area contributed by atoms with Gasteiger partial charge in [-0.2, -0.15) is 5.10 Å². The minimum absolute atomic E-state index is 0.0651. The molecule has 4 N–H and O–H groups in total. The summed E-state index contributed by atoms with van der Waals surface area (Å²) in [7, 11) is 0. The summed E-state index contributed by atoms with van der Waals surface area (Å²) < 4.78 is 14.0. The van der Waals surface area contributed by atoms with Gasteiger partial charge in [0.05, 0.1) is 34.1 Å². The maximum absolute atomic E-state index is 14.0. The lowest BCUT2D eigenvalue weighted by Crippen LogP contribution is -2.10. The molecule has 6 rings (SSSR count). The number of carbonyl (C=O) groups is 1. The Morgan fingerprint density at radius 1 is 1.00 bits per heavy atom. The van der Waals surface area contributed by atoms with Gasteiger partial charge in [0.15, 0.2) is 11.5 Å². The van der Waals surface area contributed by atoms with Crippen molar-refractivity contribution in [2.45, 2.75) is 19.8 Å². The summed E-state index contributed by atoms with van der Waals surface area (Å²) in [5, 5.41) is 20.2. The van der Waals surface area contributed by atoms with E-state index in [1.165, 1.54) is 12.1 Å². The molecular weight excluding hydrogens is 485 g/mol. The van der Waals surface area contributed by atoms with Crippen LogP contribution in [0.1, 0.15) is 19.8 Å². The molecule has 4 heterocycles. The molecule has 1 amide bonds. The first-order valence-corrected chi connectivity index (χ1v) is 12.1. The molecule has 0 unspecified atom stereocenters. The van der Waals surface area contributed by atoms with Crippen LogP contribution in [-0.4, -0.2) is 41.1 Å². The van der Waals surface area contributed by atoms with Crippen LogP contribution >= 0.6 is 0 Å². The SMILES string of the molecule is CCCC(=O)Nc1cncc(-c2ccc3[nH]nc(-c4nc5c(-c6cc(O)cc(F)c6)cccc5[nH]4)c3n2)c1. The van der Waals surface area contributed by atoms with Gasteiger partial charge in [0.25, 0.3) is 0 Å². The van der Waals surface area contributed by atoms with Crippen LogP contribution in [0.15, 0.2) is 67.0 Å². The Hall–Kier alpha value is -5.12. The van der Waals surface area contributed by atoms with E-state index in [-0.39, 0.29) is 11.7 Å². The summed E-state index contributed by atoms with van der Waals surface area (Å²) in [6.45, 7) is 1.95. The second-order valence-corrected chi connectivity index (χ2v) is 8.91. The number of rotatable bonds is 6. The van der Waals surface area contributed by atoms with Gasteiger partial charge in [-0.1, -0.05) is 19.1 Å². The average Bonchev–Trinajstić information content (AvgIpc) is 3.52. The van der Waals surface area contributed by atoms with Crippen LogP contribution in [0.2, 0.25) is 0 Å².